The first-order valence-corrected chi connectivity index (χ1v) is 12.1. The molecule has 7 heteroatoms. The molecule has 3 aromatic rings. The summed E-state index contributed by atoms with van der Waals surface area (Å²) < 4.78 is 33.4. The third-order valence-electron chi connectivity index (χ3n) is 6.97. The van der Waals surface area contributed by atoms with Crippen molar-refractivity contribution in [2.24, 2.45) is 0 Å². The van der Waals surface area contributed by atoms with Gasteiger partial charge in [0.15, 0.2) is 5.78 Å². The van der Waals surface area contributed by atoms with Crippen LogP contribution in [-0.2, 0) is 9.59 Å². The highest BCUT2D eigenvalue weighted by molar-refractivity contribution is 6.10. The van der Waals surface area contributed by atoms with Gasteiger partial charge in [0.2, 0.25) is 0 Å². The maximum absolute atomic E-state index is 14.4. The van der Waals surface area contributed by atoms with Crippen LogP contribution in [0.3, 0.4) is 0 Å². The lowest BCUT2D eigenvalue weighted by molar-refractivity contribution is -0.116. The molecule has 188 valence electrons. The van der Waals surface area contributed by atoms with Crippen LogP contribution in [0.15, 0.2) is 95.3 Å². The summed E-state index contributed by atoms with van der Waals surface area (Å²) in [5.41, 5.74) is 3.69. The van der Waals surface area contributed by atoms with Crippen molar-refractivity contribution in [1.82, 2.24) is 5.32 Å². The van der Waals surface area contributed by atoms with E-state index in [1.165, 1.54) is 13.2 Å². The first-order chi connectivity index (χ1) is 17.9. The average Bonchev–Trinajstić information content (AvgIpc) is 2.89. The number of carbonyl (C=O) groups is 2. The summed E-state index contributed by atoms with van der Waals surface area (Å²) in [4.78, 5) is 27.3. The van der Waals surface area contributed by atoms with Crippen LogP contribution in [0, 0.1) is 11.6 Å². The first kappa shape index (κ1) is 24.4. The molecule has 0 bridgehead atoms. The highest BCUT2D eigenvalue weighted by Crippen LogP contribution is 2.47. The normalized spacial score (nSPS) is 19.3. The average molecular weight is 501 g/mol. The Labute approximate surface area is 213 Å². The molecular weight excluding hydrogens is 474 g/mol. The van der Waals surface area contributed by atoms with E-state index < -0.39 is 23.5 Å². The van der Waals surface area contributed by atoms with Crippen LogP contribution >= 0.6 is 0 Å². The number of anilines is 1. The summed E-state index contributed by atoms with van der Waals surface area (Å²) in [5.74, 6) is -2.46. The maximum atomic E-state index is 14.4. The zero-order chi connectivity index (χ0) is 26.1. The number of rotatable bonds is 5. The maximum Gasteiger partial charge on any atom is 0.254 e. The van der Waals surface area contributed by atoms with Crippen molar-refractivity contribution >= 4 is 17.4 Å². The molecule has 1 amide bonds. The third-order valence-corrected chi connectivity index (χ3v) is 6.97. The lowest BCUT2D eigenvalue weighted by atomic mass is 9.71. The second-order valence-electron chi connectivity index (χ2n) is 9.25. The third kappa shape index (κ3) is 4.65. The van der Waals surface area contributed by atoms with Gasteiger partial charge in [-0.2, -0.15) is 0 Å². The number of benzene rings is 3. The summed E-state index contributed by atoms with van der Waals surface area (Å²) in [6.07, 6.45) is 0.909. The number of hydrogen-bond acceptors (Lipinski definition) is 4. The Balaban J connectivity index is 1.59. The molecule has 2 aliphatic rings. The van der Waals surface area contributed by atoms with Crippen LogP contribution in [0.25, 0.3) is 0 Å². The van der Waals surface area contributed by atoms with Gasteiger partial charge in [0.1, 0.15) is 17.4 Å². The molecule has 5 nitrogen and oxygen atoms in total. The predicted molar refractivity (Wildman–Crippen MR) is 137 cm³/mol. The topological polar surface area (TPSA) is 67.4 Å². The minimum atomic E-state index is -0.886. The fourth-order valence-corrected chi connectivity index (χ4v) is 5.30. The van der Waals surface area contributed by atoms with Crippen LogP contribution in [0.1, 0.15) is 42.7 Å². The van der Waals surface area contributed by atoms with E-state index in [1.54, 1.807) is 13.0 Å². The number of halogens is 2. The number of dihydropyridines is 1. The smallest absolute Gasteiger partial charge is 0.254 e. The SMILES string of the molecule is COc1ccccc1[C@@H]1C(C(=O)Nc2ccc(F)cc2F)=C(C)NC2=C1C(=O)C[C@H](c1ccccc1)C2. The second-order valence-corrected chi connectivity index (χ2v) is 9.25. The molecular formula is C30H26F2N2O3. The Morgan fingerprint density at radius 2 is 1.73 bits per heavy atom. The van der Waals surface area contributed by atoms with E-state index in [0.717, 1.165) is 17.3 Å². The van der Waals surface area contributed by atoms with E-state index in [0.29, 0.717) is 41.5 Å². The number of nitrogens with one attached hydrogen (secondary N) is 2. The van der Waals surface area contributed by atoms with Crippen molar-refractivity contribution < 1.29 is 23.1 Å². The summed E-state index contributed by atoms with van der Waals surface area (Å²) in [5, 5.41) is 5.88. The van der Waals surface area contributed by atoms with Crippen LogP contribution in [-0.4, -0.2) is 18.8 Å². The lowest BCUT2D eigenvalue weighted by Crippen LogP contribution is -2.37. The number of hydrogen-bond donors (Lipinski definition) is 2. The van der Waals surface area contributed by atoms with Gasteiger partial charge in [0, 0.05) is 40.6 Å². The van der Waals surface area contributed by atoms with Crippen LogP contribution in [0.5, 0.6) is 5.75 Å². The summed E-state index contributed by atoms with van der Waals surface area (Å²) >= 11 is 0. The van der Waals surface area contributed by atoms with Crippen LogP contribution in [0.2, 0.25) is 0 Å². The molecule has 1 heterocycles. The highest BCUT2D eigenvalue weighted by atomic mass is 19.1. The summed E-state index contributed by atoms with van der Waals surface area (Å²) in [6.45, 7) is 1.76. The Bertz CT molecular complexity index is 1450. The van der Waals surface area contributed by atoms with Gasteiger partial charge in [-0.3, -0.25) is 9.59 Å². The molecule has 2 N–H and O–H groups in total. The number of carbonyl (C=O) groups excluding carboxylic acids is 2. The fraction of sp³-hybridized carbons (Fsp3) is 0.200. The molecule has 37 heavy (non-hydrogen) atoms. The molecule has 5 rings (SSSR count). The Morgan fingerprint density at radius 1 is 1.00 bits per heavy atom. The molecule has 0 aromatic heterocycles. The van der Waals surface area contributed by atoms with Gasteiger partial charge in [-0.1, -0.05) is 48.5 Å². The van der Waals surface area contributed by atoms with E-state index in [-0.39, 0.29) is 23.0 Å². The van der Waals surface area contributed by atoms with E-state index in [4.69, 9.17) is 4.74 Å². The molecule has 0 saturated carbocycles. The molecule has 1 aliphatic carbocycles. The zero-order valence-electron chi connectivity index (χ0n) is 20.5. The van der Waals surface area contributed by atoms with E-state index in [1.807, 2.05) is 48.5 Å². The van der Waals surface area contributed by atoms with Gasteiger partial charge in [-0.25, -0.2) is 8.78 Å². The van der Waals surface area contributed by atoms with Gasteiger partial charge < -0.3 is 15.4 Å². The zero-order valence-corrected chi connectivity index (χ0v) is 20.5. The standard InChI is InChI=1S/C30H26F2N2O3/c1-17-27(30(36)34-23-13-12-20(31)16-22(23)32)28(21-10-6-7-11-26(21)37-2)29-24(33-17)14-19(15-25(29)35)18-8-4-3-5-9-18/h3-13,16,19,28,33H,14-15H2,1-2H3,(H,34,36)/t19-,28-/m1/s1. The van der Waals surface area contributed by atoms with Crippen molar-refractivity contribution in [3.63, 3.8) is 0 Å². The van der Waals surface area contributed by atoms with Crippen molar-refractivity contribution in [2.75, 3.05) is 12.4 Å². The van der Waals surface area contributed by atoms with Crippen molar-refractivity contribution in [2.45, 2.75) is 31.6 Å². The van der Waals surface area contributed by atoms with E-state index in [9.17, 15) is 18.4 Å². The highest BCUT2D eigenvalue weighted by Gasteiger charge is 2.42. The van der Waals surface area contributed by atoms with Gasteiger partial charge in [-0.05, 0) is 43.0 Å². The Morgan fingerprint density at radius 3 is 2.46 bits per heavy atom. The number of allylic oxidation sites excluding steroid dienone is 3. The first-order valence-electron chi connectivity index (χ1n) is 12.1. The molecule has 1 aliphatic heterocycles. The molecule has 0 unspecified atom stereocenters. The quantitative estimate of drug-likeness (QED) is 0.453. The van der Waals surface area contributed by atoms with E-state index >= 15 is 0 Å². The monoisotopic (exact) mass is 500 g/mol. The van der Waals surface area contributed by atoms with Crippen molar-refractivity contribution in [1.29, 1.82) is 0 Å². The van der Waals surface area contributed by atoms with Gasteiger partial charge in [0.25, 0.3) is 5.91 Å². The summed E-state index contributed by atoms with van der Waals surface area (Å²) in [7, 11) is 1.54. The number of ether oxygens (including phenoxy) is 1. The number of ketones is 1. The predicted octanol–water partition coefficient (Wildman–Crippen LogP) is 5.97. The van der Waals surface area contributed by atoms with Crippen LogP contribution in [0.4, 0.5) is 14.5 Å². The molecule has 0 spiro atoms. The molecule has 2 atom stereocenters. The second kappa shape index (κ2) is 10.0. The minimum absolute atomic E-state index is 0.00903. The molecule has 0 fully saturated rings. The van der Waals surface area contributed by atoms with Gasteiger partial charge in [0.05, 0.1) is 18.7 Å². The van der Waals surface area contributed by atoms with E-state index in [2.05, 4.69) is 10.6 Å². The molecule has 0 saturated heterocycles. The number of para-hydroxylation sites is 1. The van der Waals surface area contributed by atoms with Gasteiger partial charge >= 0.3 is 0 Å². The van der Waals surface area contributed by atoms with Crippen molar-refractivity contribution in [3.8, 4) is 5.75 Å². The lowest BCUT2D eigenvalue weighted by Gasteiger charge is -2.37. The fourth-order valence-electron chi connectivity index (χ4n) is 5.30. The number of Topliss-reactive ketones (excluding diaryl/α,β-unsaturated/α-hetero) is 1. The van der Waals surface area contributed by atoms with Gasteiger partial charge in [-0.15, -0.1) is 0 Å². The Kier molecular flexibility index (Phi) is 6.61. The Hall–Kier alpha value is -4.26. The summed E-state index contributed by atoms with van der Waals surface area (Å²) in [6, 6.07) is 20.1. The molecule has 3 aromatic carbocycles. The number of methoxy groups -OCH3 is 1. The van der Waals surface area contributed by atoms with Crippen molar-refractivity contribution in [3.05, 3.63) is 118 Å². The largest absolute Gasteiger partial charge is 0.496 e. The molecule has 0 radical (unpaired) electrons. The number of amides is 1. The van der Waals surface area contributed by atoms with Crippen LogP contribution < -0.4 is 15.4 Å². The minimum Gasteiger partial charge on any atom is -0.496 e.